The van der Waals surface area contributed by atoms with Gasteiger partial charge in [0.25, 0.3) is 5.92 Å². The number of ether oxygens (including phenoxy) is 2. The highest BCUT2D eigenvalue weighted by atomic mass is 32.1. The number of thiazole rings is 1. The molecule has 0 saturated carbocycles. The molecule has 12 heteroatoms. The maximum Gasteiger partial charge on any atom is 0.336 e. The highest BCUT2D eigenvalue weighted by molar-refractivity contribution is 7.10. The Kier molecular flexibility index (Phi) is 9.08. The largest absolute Gasteiger partial charge is 0.480 e. The Balaban J connectivity index is 1.75. The number of carbonyl (C=O) groups is 2. The molecule has 39 heavy (non-hydrogen) atoms. The molecule has 1 saturated heterocycles. The topological polar surface area (TPSA) is 101 Å². The monoisotopic (exact) mass is 565 g/mol. The molecule has 2 aliphatic heterocycles. The van der Waals surface area contributed by atoms with E-state index in [9.17, 15) is 22.8 Å². The van der Waals surface area contributed by atoms with E-state index in [2.05, 4.69) is 10.3 Å². The summed E-state index contributed by atoms with van der Waals surface area (Å²) in [5.74, 6) is -6.24. The van der Waals surface area contributed by atoms with E-state index in [-0.39, 0.29) is 31.7 Å². The van der Waals surface area contributed by atoms with E-state index in [1.165, 1.54) is 28.4 Å². The molecule has 2 N–H and O–H groups in total. The number of alkyl halides is 2. The molecule has 1 aromatic heterocycles. The third kappa shape index (κ3) is 6.51. The second-order valence-corrected chi connectivity index (χ2v) is 10.2. The van der Waals surface area contributed by atoms with Crippen molar-refractivity contribution in [2.75, 3.05) is 32.8 Å². The van der Waals surface area contributed by atoms with Crippen LogP contribution < -0.4 is 5.32 Å². The number of dihydropyridines is 1. The van der Waals surface area contributed by atoms with E-state index in [4.69, 9.17) is 14.6 Å². The highest BCUT2D eigenvalue weighted by Gasteiger charge is 2.46. The molecule has 1 unspecified atom stereocenters. The molecule has 4 rings (SSSR count). The van der Waals surface area contributed by atoms with Crippen LogP contribution in [0, 0.1) is 5.82 Å². The van der Waals surface area contributed by atoms with Gasteiger partial charge in [-0.3, -0.25) is 4.90 Å². The zero-order valence-electron chi connectivity index (χ0n) is 21.6. The normalized spacial score (nSPS) is 21.6. The predicted molar refractivity (Wildman–Crippen MR) is 139 cm³/mol. The van der Waals surface area contributed by atoms with Crippen molar-refractivity contribution in [3.8, 4) is 0 Å². The lowest BCUT2D eigenvalue weighted by Crippen LogP contribution is -2.54. The van der Waals surface area contributed by atoms with E-state index in [0.717, 1.165) is 5.57 Å². The molecule has 0 spiro atoms. The molecule has 2 aromatic rings. The van der Waals surface area contributed by atoms with E-state index in [1.54, 1.807) is 25.3 Å². The first kappa shape index (κ1) is 28.8. The van der Waals surface area contributed by atoms with E-state index in [1.807, 2.05) is 12.3 Å². The molecule has 0 radical (unpaired) electrons. The number of aromatic nitrogens is 1. The van der Waals surface area contributed by atoms with Crippen molar-refractivity contribution in [3.63, 3.8) is 0 Å². The second kappa shape index (κ2) is 12.3. The zero-order valence-corrected chi connectivity index (χ0v) is 22.4. The van der Waals surface area contributed by atoms with Crippen LogP contribution in [0.5, 0.6) is 0 Å². The van der Waals surface area contributed by atoms with Gasteiger partial charge in [-0.15, -0.1) is 11.3 Å². The smallest absolute Gasteiger partial charge is 0.336 e. The van der Waals surface area contributed by atoms with Crippen LogP contribution in [0.2, 0.25) is 0 Å². The maximum atomic E-state index is 15.0. The minimum atomic E-state index is -3.30. The Morgan fingerprint density at radius 2 is 2.00 bits per heavy atom. The average Bonchev–Trinajstić information content (AvgIpc) is 3.42. The number of hydrogen-bond donors (Lipinski definition) is 2. The molecule has 210 valence electrons. The number of aliphatic carboxylic acids is 1. The summed E-state index contributed by atoms with van der Waals surface area (Å²) in [5, 5.41) is 14.6. The minimum absolute atomic E-state index is 0.0288. The van der Waals surface area contributed by atoms with Crippen molar-refractivity contribution in [1.82, 2.24) is 15.2 Å². The number of likely N-dealkylation sites (tertiary alicyclic amines) is 1. The molecular formula is C27H30F3N3O5S. The fourth-order valence-corrected chi connectivity index (χ4v) is 5.71. The number of carboxylic acids is 1. The van der Waals surface area contributed by atoms with Gasteiger partial charge in [0.05, 0.1) is 24.4 Å². The lowest BCUT2D eigenvalue weighted by molar-refractivity contribution is -0.180. The first-order chi connectivity index (χ1) is 18.6. The summed E-state index contributed by atoms with van der Waals surface area (Å²) in [5.41, 5.74) is 2.85. The van der Waals surface area contributed by atoms with Crippen LogP contribution in [0.3, 0.4) is 0 Å². The Bertz CT molecular complexity index is 1250. The third-order valence-corrected chi connectivity index (χ3v) is 7.48. The molecular weight excluding hydrogens is 535 g/mol. The zero-order chi connectivity index (χ0) is 28.2. The number of nitrogens with one attached hydrogen (secondary N) is 1. The number of rotatable bonds is 10. The fraction of sp³-hybridized carbons (Fsp3) is 0.444. The number of nitrogens with zero attached hydrogens (tertiary/aromatic N) is 2. The van der Waals surface area contributed by atoms with Crippen LogP contribution in [0.15, 0.2) is 52.7 Å². The number of piperidine rings is 1. The van der Waals surface area contributed by atoms with E-state index in [0.29, 0.717) is 28.4 Å². The Morgan fingerprint density at radius 1 is 1.26 bits per heavy atom. The summed E-state index contributed by atoms with van der Waals surface area (Å²) in [6.07, 6.45) is 0.581. The van der Waals surface area contributed by atoms with Gasteiger partial charge >= 0.3 is 11.9 Å². The van der Waals surface area contributed by atoms with Gasteiger partial charge in [-0.05, 0) is 43.0 Å². The van der Waals surface area contributed by atoms with Gasteiger partial charge in [0.2, 0.25) is 0 Å². The second-order valence-electron chi connectivity index (χ2n) is 9.27. The van der Waals surface area contributed by atoms with E-state index < -0.39 is 48.9 Å². The van der Waals surface area contributed by atoms with E-state index >= 15 is 0 Å². The van der Waals surface area contributed by atoms with Crippen LogP contribution in [0.4, 0.5) is 13.2 Å². The summed E-state index contributed by atoms with van der Waals surface area (Å²) in [4.78, 5) is 30.2. The molecule has 1 fully saturated rings. The van der Waals surface area contributed by atoms with Gasteiger partial charge in [-0.25, -0.2) is 27.7 Å². The van der Waals surface area contributed by atoms with Crippen molar-refractivity contribution < 1.29 is 37.3 Å². The SMILES string of the molecule is CCOC(=O)C1=C(CN2CCC(OCC(=O)O)C(F)(F)C2)NC(c2nccs2)=C(CC)[C@@H]1c1ccc(F)cc1. The van der Waals surface area contributed by atoms with Crippen molar-refractivity contribution in [2.45, 2.75) is 44.6 Å². The Labute approximate surface area is 228 Å². The van der Waals surface area contributed by atoms with Crippen LogP contribution in [0.1, 0.15) is 43.2 Å². The molecule has 2 atom stereocenters. The quantitative estimate of drug-likeness (QED) is 0.409. The molecule has 0 bridgehead atoms. The lowest BCUT2D eigenvalue weighted by atomic mass is 9.79. The van der Waals surface area contributed by atoms with Gasteiger partial charge in [0.15, 0.2) is 0 Å². The number of benzene rings is 1. The first-order valence-corrected chi connectivity index (χ1v) is 13.5. The summed E-state index contributed by atoms with van der Waals surface area (Å²) >= 11 is 1.40. The van der Waals surface area contributed by atoms with Crippen molar-refractivity contribution in [3.05, 3.63) is 69.1 Å². The standard InChI is InChI=1S/C27H30F3N3O5S/c1-3-18-22(16-5-7-17(28)8-6-16)23(26(36)37-4-2)19(32-24(18)25-31-10-12-39-25)13-33-11-9-20(27(29,30)15-33)38-14-21(34)35/h5-8,10,12,20,22,32H,3-4,9,11,13-15H2,1-2H3,(H,34,35)/t20?,22-/m0/s1. The summed E-state index contributed by atoms with van der Waals surface area (Å²) in [6, 6.07) is 5.85. The molecule has 1 aromatic carbocycles. The van der Waals surface area contributed by atoms with Gasteiger partial charge < -0.3 is 19.9 Å². The third-order valence-electron chi connectivity index (χ3n) is 6.69. The highest BCUT2D eigenvalue weighted by Crippen LogP contribution is 2.43. The van der Waals surface area contributed by atoms with Gasteiger partial charge in [-0.2, -0.15) is 0 Å². The molecule has 0 aliphatic carbocycles. The van der Waals surface area contributed by atoms with Crippen molar-refractivity contribution >= 4 is 29.0 Å². The fourth-order valence-electron chi connectivity index (χ4n) is 5.03. The number of hydrogen-bond acceptors (Lipinski definition) is 8. The summed E-state index contributed by atoms with van der Waals surface area (Å²) in [6.45, 7) is 2.41. The molecule has 0 amide bonds. The van der Waals surface area contributed by atoms with Gasteiger partial charge in [0, 0.05) is 36.3 Å². The Morgan fingerprint density at radius 3 is 2.59 bits per heavy atom. The maximum absolute atomic E-state index is 15.0. The van der Waals surface area contributed by atoms with Crippen molar-refractivity contribution in [2.24, 2.45) is 0 Å². The lowest BCUT2D eigenvalue weighted by Gasteiger charge is -2.40. The summed E-state index contributed by atoms with van der Waals surface area (Å²) < 4.78 is 54.1. The minimum Gasteiger partial charge on any atom is -0.480 e. The predicted octanol–water partition coefficient (Wildman–Crippen LogP) is 4.42. The average molecular weight is 566 g/mol. The first-order valence-electron chi connectivity index (χ1n) is 12.6. The number of carbonyl (C=O) groups excluding carboxylic acids is 1. The molecule has 3 heterocycles. The number of halogens is 3. The Hall–Kier alpha value is -3.22. The van der Waals surface area contributed by atoms with Gasteiger partial charge in [-0.1, -0.05) is 19.1 Å². The van der Waals surface area contributed by atoms with Gasteiger partial charge in [0.1, 0.15) is 23.5 Å². The number of allylic oxidation sites excluding steroid dienone is 1. The van der Waals surface area contributed by atoms with Crippen LogP contribution in [0.25, 0.3) is 5.70 Å². The summed E-state index contributed by atoms with van der Waals surface area (Å²) in [7, 11) is 0. The molecule has 8 nitrogen and oxygen atoms in total. The van der Waals surface area contributed by atoms with Crippen LogP contribution in [-0.4, -0.2) is 71.8 Å². The number of carboxylic acid groups (broad SMARTS) is 1. The number of esters is 1. The van der Waals surface area contributed by atoms with Crippen LogP contribution >= 0.6 is 11.3 Å². The van der Waals surface area contributed by atoms with Crippen molar-refractivity contribution in [1.29, 1.82) is 0 Å². The van der Waals surface area contributed by atoms with Crippen LogP contribution in [-0.2, 0) is 19.1 Å². The molecule has 2 aliphatic rings.